The Morgan fingerprint density at radius 1 is 0.950 bits per heavy atom. The van der Waals surface area contributed by atoms with Crippen molar-refractivity contribution in [3.8, 4) is 0 Å². The minimum atomic E-state index is -0.365. The maximum Gasteiger partial charge on any atom is 0.127 e. The first-order chi connectivity index (χ1) is 9.63. The average Bonchev–Trinajstić information content (AvgIpc) is 2.48. The SMILES string of the molecule is Fc1ccccc1C(CBr)(CBr)Cc1ccccc1Cl. The largest absolute Gasteiger partial charge is 0.207 e. The highest BCUT2D eigenvalue weighted by Gasteiger charge is 2.33. The lowest BCUT2D eigenvalue weighted by Gasteiger charge is -2.31. The second kappa shape index (κ2) is 7.06. The molecule has 0 aliphatic rings. The Kier molecular flexibility index (Phi) is 5.65. The molecule has 2 rings (SSSR count). The molecule has 2 aromatic rings. The van der Waals surface area contributed by atoms with E-state index >= 15 is 0 Å². The van der Waals surface area contributed by atoms with Gasteiger partial charge in [-0.3, -0.25) is 0 Å². The molecule has 0 aliphatic carbocycles. The van der Waals surface area contributed by atoms with E-state index in [2.05, 4.69) is 31.9 Å². The van der Waals surface area contributed by atoms with Crippen molar-refractivity contribution < 1.29 is 4.39 Å². The van der Waals surface area contributed by atoms with Gasteiger partial charge < -0.3 is 0 Å². The van der Waals surface area contributed by atoms with Crippen LogP contribution in [0.3, 0.4) is 0 Å². The summed E-state index contributed by atoms with van der Waals surface area (Å²) in [5.74, 6) is -0.182. The molecule has 0 amide bonds. The highest BCUT2D eigenvalue weighted by Crippen LogP contribution is 2.35. The molecule has 4 heteroatoms. The summed E-state index contributed by atoms with van der Waals surface area (Å²) >= 11 is 13.3. The van der Waals surface area contributed by atoms with E-state index in [4.69, 9.17) is 11.6 Å². The van der Waals surface area contributed by atoms with E-state index in [0.717, 1.165) is 10.6 Å². The van der Waals surface area contributed by atoms with E-state index in [1.807, 2.05) is 36.4 Å². The van der Waals surface area contributed by atoms with Gasteiger partial charge in [0, 0.05) is 21.1 Å². The van der Waals surface area contributed by atoms with E-state index in [1.54, 1.807) is 6.07 Å². The van der Waals surface area contributed by atoms with Crippen molar-refractivity contribution in [1.29, 1.82) is 0 Å². The molecule has 0 unspecified atom stereocenters. The topological polar surface area (TPSA) is 0 Å². The maximum atomic E-state index is 14.2. The van der Waals surface area contributed by atoms with Gasteiger partial charge in [-0.1, -0.05) is 79.9 Å². The van der Waals surface area contributed by atoms with Gasteiger partial charge >= 0.3 is 0 Å². The molecular formula is C16H14Br2ClF. The zero-order chi connectivity index (χ0) is 14.6. The standard InChI is InChI=1S/C16H14Br2ClF/c17-10-16(11-18,13-6-2-4-8-15(13)20)9-12-5-1-3-7-14(12)19/h1-8H,9-11H2. The zero-order valence-electron chi connectivity index (χ0n) is 10.8. The summed E-state index contributed by atoms with van der Waals surface area (Å²) < 4.78 is 14.2. The van der Waals surface area contributed by atoms with Crippen molar-refractivity contribution in [2.75, 3.05) is 10.7 Å². The van der Waals surface area contributed by atoms with Crippen LogP contribution in [0.1, 0.15) is 11.1 Å². The Hall–Kier alpha value is -0.380. The first kappa shape index (κ1) is 16.0. The normalized spacial score (nSPS) is 11.6. The quantitative estimate of drug-likeness (QED) is 0.541. The fourth-order valence-corrected chi connectivity index (χ4v) is 4.40. The van der Waals surface area contributed by atoms with Gasteiger partial charge in [0.25, 0.3) is 0 Å². The molecule has 0 radical (unpaired) electrons. The van der Waals surface area contributed by atoms with E-state index in [1.165, 1.54) is 6.07 Å². The van der Waals surface area contributed by atoms with Crippen molar-refractivity contribution in [2.24, 2.45) is 0 Å². The second-order valence-electron chi connectivity index (χ2n) is 4.80. The Bertz CT molecular complexity index is 582. The predicted molar refractivity (Wildman–Crippen MR) is 90.8 cm³/mol. The van der Waals surface area contributed by atoms with Crippen molar-refractivity contribution >= 4 is 43.5 Å². The molecule has 0 bridgehead atoms. The zero-order valence-corrected chi connectivity index (χ0v) is 14.7. The number of hydrogen-bond acceptors (Lipinski definition) is 0. The van der Waals surface area contributed by atoms with Gasteiger partial charge in [0.2, 0.25) is 0 Å². The molecule has 0 atom stereocenters. The van der Waals surface area contributed by atoms with Gasteiger partial charge in [0.05, 0.1) is 0 Å². The molecule has 106 valence electrons. The van der Waals surface area contributed by atoms with Crippen LogP contribution in [0.15, 0.2) is 48.5 Å². The highest BCUT2D eigenvalue weighted by molar-refractivity contribution is 9.09. The molecule has 0 heterocycles. The Balaban J connectivity index is 2.46. The molecule has 0 spiro atoms. The minimum Gasteiger partial charge on any atom is -0.207 e. The first-order valence-electron chi connectivity index (χ1n) is 6.23. The van der Waals surface area contributed by atoms with E-state index in [-0.39, 0.29) is 11.2 Å². The van der Waals surface area contributed by atoms with E-state index in [0.29, 0.717) is 22.6 Å². The molecular weight excluding hydrogens is 406 g/mol. The number of halogens is 4. The summed E-state index contributed by atoms with van der Waals surface area (Å²) in [6, 6.07) is 14.6. The molecule has 0 aliphatic heterocycles. The van der Waals surface area contributed by atoms with E-state index < -0.39 is 0 Å². The van der Waals surface area contributed by atoms with Crippen molar-refractivity contribution in [1.82, 2.24) is 0 Å². The van der Waals surface area contributed by atoms with Crippen LogP contribution in [0.25, 0.3) is 0 Å². The van der Waals surface area contributed by atoms with Crippen molar-refractivity contribution in [3.63, 3.8) is 0 Å². The van der Waals surface area contributed by atoms with Gasteiger partial charge in [0.15, 0.2) is 0 Å². The fourth-order valence-electron chi connectivity index (χ4n) is 2.27. The minimum absolute atomic E-state index is 0.182. The molecule has 2 aromatic carbocycles. The summed E-state index contributed by atoms with van der Waals surface area (Å²) in [6.45, 7) is 0. The lowest BCUT2D eigenvalue weighted by Crippen LogP contribution is -2.34. The molecule has 0 nitrogen and oxygen atoms in total. The summed E-state index contributed by atoms with van der Waals surface area (Å²) in [5.41, 5.74) is 1.36. The van der Waals surface area contributed by atoms with Crippen LogP contribution < -0.4 is 0 Å². The number of rotatable bonds is 5. The molecule has 0 fully saturated rings. The Labute approximate surface area is 140 Å². The van der Waals surface area contributed by atoms with Crippen LogP contribution >= 0.6 is 43.5 Å². The third-order valence-corrected chi connectivity index (χ3v) is 5.96. The van der Waals surface area contributed by atoms with Gasteiger partial charge in [-0.05, 0) is 29.7 Å². The third kappa shape index (κ3) is 3.26. The third-order valence-electron chi connectivity index (χ3n) is 3.44. The number of benzene rings is 2. The van der Waals surface area contributed by atoms with Crippen LogP contribution in [0.5, 0.6) is 0 Å². The molecule has 0 aromatic heterocycles. The lowest BCUT2D eigenvalue weighted by molar-refractivity contribution is 0.501. The number of alkyl halides is 2. The van der Waals surface area contributed by atoms with Gasteiger partial charge in [-0.15, -0.1) is 0 Å². The van der Waals surface area contributed by atoms with Crippen LogP contribution in [0.2, 0.25) is 5.02 Å². The lowest BCUT2D eigenvalue weighted by atomic mass is 9.79. The Morgan fingerprint density at radius 3 is 2.15 bits per heavy atom. The smallest absolute Gasteiger partial charge is 0.127 e. The average molecular weight is 421 g/mol. The van der Waals surface area contributed by atoms with Crippen molar-refractivity contribution in [3.05, 3.63) is 70.5 Å². The van der Waals surface area contributed by atoms with Crippen LogP contribution in [-0.4, -0.2) is 10.7 Å². The van der Waals surface area contributed by atoms with Crippen LogP contribution in [0, 0.1) is 5.82 Å². The fraction of sp³-hybridized carbons (Fsp3) is 0.250. The monoisotopic (exact) mass is 418 g/mol. The van der Waals surface area contributed by atoms with Crippen molar-refractivity contribution in [2.45, 2.75) is 11.8 Å². The summed E-state index contributed by atoms with van der Waals surface area (Å²) in [7, 11) is 0. The van der Waals surface area contributed by atoms with Gasteiger partial charge in [0.1, 0.15) is 5.82 Å². The van der Waals surface area contributed by atoms with E-state index in [9.17, 15) is 4.39 Å². The summed E-state index contributed by atoms with van der Waals surface area (Å²) in [6.07, 6.45) is 0.671. The molecule has 20 heavy (non-hydrogen) atoms. The molecule has 0 N–H and O–H groups in total. The first-order valence-corrected chi connectivity index (χ1v) is 8.85. The van der Waals surface area contributed by atoms with Crippen LogP contribution in [0.4, 0.5) is 4.39 Å². The molecule has 0 saturated carbocycles. The van der Waals surface area contributed by atoms with Crippen LogP contribution in [-0.2, 0) is 11.8 Å². The number of hydrogen-bond donors (Lipinski definition) is 0. The van der Waals surface area contributed by atoms with Gasteiger partial charge in [-0.2, -0.15) is 0 Å². The molecule has 0 saturated heterocycles. The predicted octanol–water partition coefficient (Wildman–Crippen LogP) is 5.75. The maximum absolute atomic E-state index is 14.2. The summed E-state index contributed by atoms with van der Waals surface area (Å²) in [5, 5.41) is 2.02. The highest BCUT2D eigenvalue weighted by atomic mass is 79.9. The summed E-state index contributed by atoms with van der Waals surface area (Å²) in [4.78, 5) is 0. The Morgan fingerprint density at radius 2 is 1.55 bits per heavy atom. The van der Waals surface area contributed by atoms with Gasteiger partial charge in [-0.25, -0.2) is 4.39 Å². The second-order valence-corrected chi connectivity index (χ2v) is 6.32.